The fourth-order valence-corrected chi connectivity index (χ4v) is 5.49. The number of nitrogens with zero attached hydrogens (tertiary/aromatic N) is 2. The standard InChI is InChI=1S/C23H23N5O3S/c1-14-7-9-16(10-8-14)32(30,31)27-19-13-24-23(29)21-20(17-5-3-4-6-18(17)25-21)22(19)28-12-11-15(2)26-28/h3-12,19,22,25,27H,13H2,1-2H3,(H,24,29)/t19-,22+/m1/s1. The van der Waals surface area contributed by atoms with E-state index >= 15 is 0 Å². The molecule has 0 aliphatic carbocycles. The molecule has 0 saturated carbocycles. The van der Waals surface area contributed by atoms with Gasteiger partial charge in [-0.1, -0.05) is 35.9 Å². The van der Waals surface area contributed by atoms with Gasteiger partial charge in [0.05, 0.1) is 22.7 Å². The molecule has 0 fully saturated rings. The highest BCUT2D eigenvalue weighted by atomic mass is 32.2. The van der Waals surface area contributed by atoms with E-state index < -0.39 is 22.1 Å². The Bertz CT molecular complexity index is 1420. The molecule has 1 aliphatic heterocycles. The number of rotatable bonds is 4. The number of aryl methyl sites for hydroxylation is 2. The minimum Gasteiger partial charge on any atom is -0.350 e. The van der Waals surface area contributed by atoms with Gasteiger partial charge < -0.3 is 10.3 Å². The van der Waals surface area contributed by atoms with Crippen LogP contribution < -0.4 is 10.0 Å². The highest BCUT2D eigenvalue weighted by Crippen LogP contribution is 2.34. The number of H-pyrrole nitrogens is 1. The number of aromatic amines is 1. The Labute approximate surface area is 185 Å². The quantitative estimate of drug-likeness (QED) is 0.445. The summed E-state index contributed by atoms with van der Waals surface area (Å²) in [4.78, 5) is 16.3. The van der Waals surface area contributed by atoms with E-state index in [9.17, 15) is 13.2 Å². The predicted molar refractivity (Wildman–Crippen MR) is 121 cm³/mol. The molecule has 0 unspecified atom stereocenters. The number of aromatic nitrogens is 3. The molecule has 0 radical (unpaired) electrons. The molecule has 164 valence electrons. The monoisotopic (exact) mass is 449 g/mol. The van der Waals surface area contributed by atoms with Gasteiger partial charge in [-0.05, 0) is 38.1 Å². The zero-order valence-electron chi connectivity index (χ0n) is 17.7. The van der Waals surface area contributed by atoms with Crippen LogP contribution in [-0.2, 0) is 10.0 Å². The van der Waals surface area contributed by atoms with E-state index in [1.54, 1.807) is 28.9 Å². The van der Waals surface area contributed by atoms with Crippen LogP contribution in [0.5, 0.6) is 0 Å². The van der Waals surface area contributed by atoms with E-state index in [-0.39, 0.29) is 17.3 Å². The molecule has 5 rings (SSSR count). The van der Waals surface area contributed by atoms with E-state index in [0.29, 0.717) is 5.69 Å². The number of carbonyl (C=O) groups excluding carboxylic acids is 1. The molecular weight excluding hydrogens is 426 g/mol. The molecule has 2 aromatic heterocycles. The van der Waals surface area contributed by atoms with Crippen LogP contribution in [0, 0.1) is 13.8 Å². The van der Waals surface area contributed by atoms with Crippen molar-refractivity contribution in [2.24, 2.45) is 0 Å². The van der Waals surface area contributed by atoms with Crippen LogP contribution in [0.25, 0.3) is 10.9 Å². The average molecular weight is 450 g/mol. The predicted octanol–water partition coefficient (Wildman–Crippen LogP) is 2.66. The van der Waals surface area contributed by atoms with E-state index in [2.05, 4.69) is 20.1 Å². The number of carbonyl (C=O) groups is 1. The van der Waals surface area contributed by atoms with Gasteiger partial charge >= 0.3 is 0 Å². The summed E-state index contributed by atoms with van der Waals surface area (Å²) in [5.74, 6) is -0.276. The Morgan fingerprint density at radius 2 is 1.81 bits per heavy atom. The fraction of sp³-hybridized carbons (Fsp3) is 0.217. The maximum absolute atomic E-state index is 13.2. The number of benzene rings is 2. The third-order valence-corrected chi connectivity index (χ3v) is 7.30. The van der Waals surface area contributed by atoms with Crippen molar-refractivity contribution in [3.8, 4) is 0 Å². The third kappa shape index (κ3) is 3.49. The number of fused-ring (bicyclic) bond motifs is 3. The molecule has 2 aromatic carbocycles. The first-order valence-corrected chi connectivity index (χ1v) is 11.8. The molecule has 0 spiro atoms. The lowest BCUT2D eigenvalue weighted by Crippen LogP contribution is -2.47. The van der Waals surface area contributed by atoms with Gasteiger partial charge in [0, 0.05) is 29.2 Å². The topological polar surface area (TPSA) is 109 Å². The smallest absolute Gasteiger partial charge is 0.268 e. The Morgan fingerprint density at radius 3 is 2.53 bits per heavy atom. The van der Waals surface area contributed by atoms with Crippen molar-refractivity contribution in [2.75, 3.05) is 6.54 Å². The molecular formula is C23H23N5O3S. The lowest BCUT2D eigenvalue weighted by molar-refractivity contribution is 0.0949. The molecule has 32 heavy (non-hydrogen) atoms. The molecule has 1 amide bonds. The minimum atomic E-state index is -3.84. The Kier molecular flexibility index (Phi) is 4.87. The summed E-state index contributed by atoms with van der Waals surface area (Å²) in [5, 5.41) is 8.30. The van der Waals surface area contributed by atoms with Crippen LogP contribution in [0.1, 0.15) is 33.4 Å². The average Bonchev–Trinajstić information content (AvgIpc) is 3.33. The van der Waals surface area contributed by atoms with Crippen LogP contribution in [0.2, 0.25) is 0 Å². The van der Waals surface area contributed by atoms with Gasteiger partial charge in [0.25, 0.3) is 5.91 Å². The van der Waals surface area contributed by atoms with Crippen molar-refractivity contribution in [2.45, 2.75) is 30.8 Å². The van der Waals surface area contributed by atoms with Gasteiger partial charge in [0.2, 0.25) is 10.0 Å². The van der Waals surface area contributed by atoms with Crippen LogP contribution >= 0.6 is 0 Å². The molecule has 2 atom stereocenters. The molecule has 8 nitrogen and oxygen atoms in total. The van der Waals surface area contributed by atoms with Gasteiger partial charge in [-0.2, -0.15) is 5.10 Å². The number of hydrogen-bond acceptors (Lipinski definition) is 4. The van der Waals surface area contributed by atoms with E-state index in [4.69, 9.17) is 0 Å². The van der Waals surface area contributed by atoms with Crippen molar-refractivity contribution < 1.29 is 13.2 Å². The van der Waals surface area contributed by atoms with Crippen molar-refractivity contribution in [3.63, 3.8) is 0 Å². The van der Waals surface area contributed by atoms with Crippen LogP contribution in [0.4, 0.5) is 0 Å². The fourth-order valence-electron chi connectivity index (χ4n) is 4.25. The van der Waals surface area contributed by atoms with E-state index in [1.807, 2.05) is 50.4 Å². The maximum Gasteiger partial charge on any atom is 0.268 e. The molecule has 0 saturated heterocycles. The third-order valence-electron chi connectivity index (χ3n) is 5.80. The van der Waals surface area contributed by atoms with Crippen molar-refractivity contribution in [1.82, 2.24) is 24.8 Å². The number of para-hydroxylation sites is 1. The summed E-state index contributed by atoms with van der Waals surface area (Å²) in [5.41, 5.74) is 3.72. The van der Waals surface area contributed by atoms with E-state index in [0.717, 1.165) is 27.7 Å². The van der Waals surface area contributed by atoms with Crippen molar-refractivity contribution in [1.29, 1.82) is 0 Å². The molecule has 3 N–H and O–H groups in total. The lowest BCUT2D eigenvalue weighted by atomic mass is 9.98. The van der Waals surface area contributed by atoms with Crippen LogP contribution in [-0.4, -0.2) is 41.7 Å². The molecule has 3 heterocycles. The first-order chi connectivity index (χ1) is 15.3. The zero-order chi connectivity index (χ0) is 22.5. The number of nitrogens with one attached hydrogen (secondary N) is 3. The normalized spacial score (nSPS) is 18.9. The maximum atomic E-state index is 13.2. The summed E-state index contributed by atoms with van der Waals surface area (Å²) in [6, 6.07) is 15.0. The highest BCUT2D eigenvalue weighted by molar-refractivity contribution is 7.89. The van der Waals surface area contributed by atoms with Crippen molar-refractivity contribution in [3.05, 3.63) is 83.3 Å². The van der Waals surface area contributed by atoms with Crippen LogP contribution in [0.3, 0.4) is 0 Å². The van der Waals surface area contributed by atoms with Crippen molar-refractivity contribution >= 4 is 26.8 Å². The minimum absolute atomic E-state index is 0.115. The SMILES string of the molecule is Cc1ccc(S(=O)(=O)N[C@@H]2CNC(=O)c3[nH]c4ccccc4c3[C@H]2n2ccc(C)n2)cc1. The van der Waals surface area contributed by atoms with Gasteiger partial charge in [-0.15, -0.1) is 0 Å². The van der Waals surface area contributed by atoms with Gasteiger partial charge in [-0.25, -0.2) is 13.1 Å². The second-order valence-corrected chi connectivity index (χ2v) is 9.81. The Balaban J connectivity index is 1.66. The molecule has 4 aromatic rings. The summed E-state index contributed by atoms with van der Waals surface area (Å²) in [6.45, 7) is 3.89. The first kappa shape index (κ1) is 20.5. The summed E-state index contributed by atoms with van der Waals surface area (Å²) < 4.78 is 31.0. The zero-order valence-corrected chi connectivity index (χ0v) is 18.5. The van der Waals surface area contributed by atoms with Gasteiger partial charge in [0.15, 0.2) is 0 Å². The summed E-state index contributed by atoms with van der Waals surface area (Å²) in [7, 11) is -3.84. The van der Waals surface area contributed by atoms with Crippen LogP contribution in [0.15, 0.2) is 65.7 Å². The first-order valence-electron chi connectivity index (χ1n) is 10.3. The second kappa shape index (κ2) is 7.61. The van der Waals surface area contributed by atoms with Gasteiger partial charge in [-0.3, -0.25) is 9.48 Å². The summed E-state index contributed by atoms with van der Waals surface area (Å²) >= 11 is 0. The Morgan fingerprint density at radius 1 is 1.06 bits per heavy atom. The van der Waals surface area contributed by atoms with E-state index in [1.165, 1.54) is 0 Å². The summed E-state index contributed by atoms with van der Waals surface area (Å²) in [6.07, 6.45) is 1.81. The Hall–Kier alpha value is -3.43. The number of sulfonamides is 1. The number of amides is 1. The number of hydrogen-bond donors (Lipinski definition) is 3. The molecule has 0 bridgehead atoms. The largest absolute Gasteiger partial charge is 0.350 e. The second-order valence-electron chi connectivity index (χ2n) is 8.09. The van der Waals surface area contributed by atoms with Gasteiger partial charge in [0.1, 0.15) is 5.69 Å². The highest BCUT2D eigenvalue weighted by Gasteiger charge is 2.38. The molecule has 1 aliphatic rings. The lowest BCUT2D eigenvalue weighted by Gasteiger charge is -2.27. The molecule has 9 heteroatoms.